The topological polar surface area (TPSA) is 90.3 Å². The van der Waals surface area contributed by atoms with Crippen molar-refractivity contribution in [2.45, 2.75) is 45.7 Å². The molecule has 0 bridgehead atoms. The maximum absolute atomic E-state index is 13.0. The second-order valence-corrected chi connectivity index (χ2v) is 8.40. The minimum absolute atomic E-state index is 0.0388. The van der Waals surface area contributed by atoms with Gasteiger partial charge in [0.05, 0.1) is 22.9 Å². The Hall–Kier alpha value is -3.00. The average Bonchev–Trinajstić information content (AvgIpc) is 2.93. The predicted molar refractivity (Wildman–Crippen MR) is 115 cm³/mol. The number of carbonyl (C=O) groups excluding carboxylic acids is 2. The maximum atomic E-state index is 13.0. The molecule has 8 heteroatoms. The van der Waals surface area contributed by atoms with E-state index in [2.05, 4.69) is 10.1 Å². The van der Waals surface area contributed by atoms with Gasteiger partial charge in [0, 0.05) is 19.5 Å². The summed E-state index contributed by atoms with van der Waals surface area (Å²) in [5.74, 6) is 0.194. The van der Waals surface area contributed by atoms with Crippen molar-refractivity contribution in [3.8, 4) is 0 Å². The number of ether oxygens (including phenoxy) is 1. The summed E-state index contributed by atoms with van der Waals surface area (Å²) in [4.78, 5) is 43.2. The zero-order valence-electron chi connectivity index (χ0n) is 17.0. The predicted octanol–water partition coefficient (Wildman–Crippen LogP) is 3.21. The summed E-state index contributed by atoms with van der Waals surface area (Å²) < 4.78 is 6.46. The smallest absolute Gasteiger partial charge is 0.337 e. The molecule has 0 spiro atoms. The van der Waals surface area contributed by atoms with Gasteiger partial charge in [0.1, 0.15) is 10.7 Å². The van der Waals surface area contributed by atoms with Gasteiger partial charge in [-0.1, -0.05) is 18.6 Å². The van der Waals surface area contributed by atoms with E-state index in [0.29, 0.717) is 39.3 Å². The standard InChI is InChI=1S/C22H23N3O4S/c1-13-17-20(24-16-6-4-3-5-11-25(16)21(17)27)30-18(13)19(26)23-12-14-7-9-15(10-8-14)22(28)29-2/h7-10H,3-6,11-12H2,1-2H3,(H,23,26). The van der Waals surface area contributed by atoms with Gasteiger partial charge in [-0.2, -0.15) is 0 Å². The van der Waals surface area contributed by atoms with Crippen LogP contribution in [0.2, 0.25) is 0 Å². The van der Waals surface area contributed by atoms with Crippen LogP contribution in [0.4, 0.5) is 0 Å². The molecule has 1 aromatic carbocycles. The molecule has 2 aromatic heterocycles. The summed E-state index contributed by atoms with van der Waals surface area (Å²) in [6.07, 6.45) is 3.91. The molecular formula is C22H23N3O4S. The highest BCUT2D eigenvalue weighted by atomic mass is 32.1. The van der Waals surface area contributed by atoms with Gasteiger partial charge < -0.3 is 10.1 Å². The third kappa shape index (κ3) is 3.75. The molecule has 1 amide bonds. The fourth-order valence-corrected chi connectivity index (χ4v) is 4.87. The van der Waals surface area contributed by atoms with Crippen molar-refractivity contribution < 1.29 is 14.3 Å². The third-order valence-corrected chi connectivity index (χ3v) is 6.63. The summed E-state index contributed by atoms with van der Waals surface area (Å²) in [5.41, 5.74) is 1.97. The van der Waals surface area contributed by atoms with E-state index in [9.17, 15) is 14.4 Å². The summed E-state index contributed by atoms with van der Waals surface area (Å²) in [7, 11) is 1.34. The van der Waals surface area contributed by atoms with Gasteiger partial charge >= 0.3 is 5.97 Å². The van der Waals surface area contributed by atoms with Crippen molar-refractivity contribution in [3.63, 3.8) is 0 Å². The van der Waals surface area contributed by atoms with Crippen LogP contribution in [-0.2, 0) is 24.2 Å². The quantitative estimate of drug-likeness (QED) is 0.648. The molecule has 156 valence electrons. The molecule has 1 N–H and O–H groups in total. The molecule has 3 heterocycles. The zero-order chi connectivity index (χ0) is 21.3. The van der Waals surface area contributed by atoms with E-state index in [1.807, 2.05) is 6.92 Å². The summed E-state index contributed by atoms with van der Waals surface area (Å²) >= 11 is 1.27. The Bertz CT molecular complexity index is 1180. The Morgan fingerprint density at radius 2 is 1.97 bits per heavy atom. The normalized spacial score (nSPS) is 13.5. The number of aryl methyl sites for hydroxylation is 2. The molecule has 0 radical (unpaired) electrons. The van der Waals surface area contributed by atoms with Crippen LogP contribution in [0.25, 0.3) is 10.2 Å². The molecule has 0 unspecified atom stereocenters. The van der Waals surface area contributed by atoms with E-state index in [0.717, 1.165) is 37.1 Å². The Kier molecular flexibility index (Phi) is 5.67. The molecule has 0 atom stereocenters. The number of fused-ring (bicyclic) bond motifs is 2. The fraction of sp³-hybridized carbons (Fsp3) is 0.364. The van der Waals surface area contributed by atoms with Crippen LogP contribution in [0.1, 0.15) is 56.2 Å². The van der Waals surface area contributed by atoms with Gasteiger partial charge in [0.25, 0.3) is 11.5 Å². The van der Waals surface area contributed by atoms with Gasteiger partial charge in [-0.25, -0.2) is 9.78 Å². The minimum atomic E-state index is -0.399. The average molecular weight is 426 g/mol. The van der Waals surface area contributed by atoms with Gasteiger partial charge in [-0.3, -0.25) is 14.2 Å². The van der Waals surface area contributed by atoms with Crippen molar-refractivity contribution in [1.29, 1.82) is 0 Å². The van der Waals surface area contributed by atoms with Crippen LogP contribution < -0.4 is 10.9 Å². The third-order valence-electron chi connectivity index (χ3n) is 5.45. The van der Waals surface area contributed by atoms with Gasteiger partial charge in [-0.15, -0.1) is 11.3 Å². The van der Waals surface area contributed by atoms with Crippen LogP contribution in [0.5, 0.6) is 0 Å². The van der Waals surface area contributed by atoms with E-state index in [1.54, 1.807) is 28.8 Å². The molecule has 0 aliphatic carbocycles. The Morgan fingerprint density at radius 1 is 1.20 bits per heavy atom. The SMILES string of the molecule is COC(=O)c1ccc(CNC(=O)c2sc3nc4n(c(=O)c3c2C)CCCCC4)cc1. The summed E-state index contributed by atoms with van der Waals surface area (Å²) in [5, 5.41) is 3.45. The van der Waals surface area contributed by atoms with E-state index < -0.39 is 5.97 Å². The molecule has 1 aliphatic heterocycles. The maximum Gasteiger partial charge on any atom is 0.337 e. The lowest BCUT2D eigenvalue weighted by molar-refractivity contribution is 0.0600. The molecule has 7 nitrogen and oxygen atoms in total. The molecule has 3 aromatic rings. The molecule has 0 saturated heterocycles. The number of nitrogens with zero attached hydrogens (tertiary/aromatic N) is 2. The number of nitrogens with one attached hydrogen (secondary N) is 1. The van der Waals surface area contributed by atoms with Gasteiger partial charge in [0.15, 0.2) is 0 Å². The van der Waals surface area contributed by atoms with Crippen LogP contribution in [-0.4, -0.2) is 28.5 Å². The number of carbonyl (C=O) groups is 2. The summed E-state index contributed by atoms with van der Waals surface area (Å²) in [6, 6.07) is 6.87. The number of esters is 1. The number of hydrogen-bond acceptors (Lipinski definition) is 6. The van der Waals surface area contributed by atoms with Crippen molar-refractivity contribution in [1.82, 2.24) is 14.9 Å². The lowest BCUT2D eigenvalue weighted by atomic mass is 10.1. The van der Waals surface area contributed by atoms with Crippen LogP contribution >= 0.6 is 11.3 Å². The van der Waals surface area contributed by atoms with E-state index in [-0.39, 0.29) is 11.5 Å². The number of benzene rings is 1. The molecule has 4 rings (SSSR count). The monoisotopic (exact) mass is 425 g/mol. The van der Waals surface area contributed by atoms with E-state index >= 15 is 0 Å². The zero-order valence-corrected chi connectivity index (χ0v) is 17.8. The lowest BCUT2D eigenvalue weighted by Gasteiger charge is -2.08. The Morgan fingerprint density at radius 3 is 2.70 bits per heavy atom. The number of thiophene rings is 1. The second-order valence-electron chi connectivity index (χ2n) is 7.40. The largest absolute Gasteiger partial charge is 0.465 e. The lowest BCUT2D eigenvalue weighted by Crippen LogP contribution is -2.25. The van der Waals surface area contributed by atoms with Crippen molar-refractivity contribution in [2.75, 3.05) is 7.11 Å². The number of amides is 1. The number of aromatic nitrogens is 2. The molecular weight excluding hydrogens is 402 g/mol. The van der Waals surface area contributed by atoms with Crippen molar-refractivity contribution in [2.24, 2.45) is 0 Å². The first-order valence-electron chi connectivity index (χ1n) is 9.98. The second kappa shape index (κ2) is 8.39. The Labute approximate surface area is 177 Å². The molecule has 0 fully saturated rings. The highest BCUT2D eigenvalue weighted by Crippen LogP contribution is 2.28. The van der Waals surface area contributed by atoms with Crippen LogP contribution in [0.15, 0.2) is 29.1 Å². The van der Waals surface area contributed by atoms with E-state index in [1.165, 1.54) is 18.4 Å². The first-order chi connectivity index (χ1) is 14.5. The molecule has 1 aliphatic rings. The molecule has 0 saturated carbocycles. The first kappa shape index (κ1) is 20.3. The van der Waals surface area contributed by atoms with Gasteiger partial charge in [0.2, 0.25) is 0 Å². The highest BCUT2D eigenvalue weighted by molar-refractivity contribution is 7.20. The first-order valence-corrected chi connectivity index (χ1v) is 10.8. The summed E-state index contributed by atoms with van der Waals surface area (Å²) in [6.45, 7) is 2.82. The number of hydrogen-bond donors (Lipinski definition) is 1. The van der Waals surface area contributed by atoms with E-state index in [4.69, 9.17) is 4.98 Å². The van der Waals surface area contributed by atoms with Crippen LogP contribution in [0, 0.1) is 6.92 Å². The van der Waals surface area contributed by atoms with Crippen LogP contribution in [0.3, 0.4) is 0 Å². The van der Waals surface area contributed by atoms with Crippen molar-refractivity contribution in [3.05, 3.63) is 62.0 Å². The fourth-order valence-electron chi connectivity index (χ4n) is 3.77. The number of methoxy groups -OCH3 is 1. The Balaban J connectivity index is 1.56. The number of rotatable bonds is 4. The highest BCUT2D eigenvalue weighted by Gasteiger charge is 2.22. The van der Waals surface area contributed by atoms with Gasteiger partial charge in [-0.05, 0) is 43.0 Å². The molecule has 30 heavy (non-hydrogen) atoms. The minimum Gasteiger partial charge on any atom is -0.465 e. The van der Waals surface area contributed by atoms with Crippen molar-refractivity contribution >= 4 is 33.4 Å².